The number of rotatable bonds is 8. The van der Waals surface area contributed by atoms with Crippen LogP contribution in [0, 0.1) is 0 Å². The molecular weight excluding hydrogens is 745 g/mol. The third kappa shape index (κ3) is 25.1. The van der Waals surface area contributed by atoms with E-state index in [2.05, 4.69) is 50.3 Å². The van der Waals surface area contributed by atoms with E-state index in [1.54, 1.807) is 14.8 Å². The first-order valence-electron chi connectivity index (χ1n) is 8.06. The smallest absolute Gasteiger partial charge is 0.147 e. The Labute approximate surface area is 235 Å². The maximum Gasteiger partial charge on any atom is -0.147 e. The van der Waals surface area contributed by atoms with Crippen molar-refractivity contribution in [1.82, 2.24) is 0 Å². The van der Waals surface area contributed by atoms with Gasteiger partial charge in [-0.3, -0.25) is 0 Å². The monoisotopic (exact) mass is 772 g/mol. The van der Waals surface area contributed by atoms with Crippen molar-refractivity contribution in [2.45, 2.75) is 60.6 Å². The third-order valence-electron chi connectivity index (χ3n) is 3.31. The molecule has 8 heteroatoms. The van der Waals surface area contributed by atoms with Crippen LogP contribution in [0.15, 0.2) is 43.0 Å². The normalized spacial score (nSPS) is 11.9. The summed E-state index contributed by atoms with van der Waals surface area (Å²) < 4.78 is 6.68. The van der Waals surface area contributed by atoms with Crippen LogP contribution in [0.1, 0.15) is 52.4 Å². The molecule has 2 aliphatic rings. The van der Waals surface area contributed by atoms with Crippen LogP contribution in [-0.2, 0) is 46.5 Å². The van der Waals surface area contributed by atoms with Gasteiger partial charge in [-0.05, 0) is 0 Å². The van der Waals surface area contributed by atoms with Gasteiger partial charge >= 0.3 is 150 Å². The molecule has 0 heterocycles. The first-order chi connectivity index (χ1) is 9.86. The van der Waals surface area contributed by atoms with E-state index in [1.807, 2.05) is 0 Å². The summed E-state index contributed by atoms with van der Waals surface area (Å²) in [4.78, 5) is 0. The van der Waals surface area contributed by atoms with Crippen LogP contribution in [0.3, 0.4) is 0 Å². The molecule has 2 rings (SSSR count). The summed E-state index contributed by atoms with van der Waals surface area (Å²) in [6.45, 7) is 4.56. The zero-order valence-electron chi connectivity index (χ0n) is 15.6. The van der Waals surface area contributed by atoms with Gasteiger partial charge in [0.1, 0.15) is 0 Å². The van der Waals surface area contributed by atoms with Crippen molar-refractivity contribution in [3.05, 3.63) is 43.0 Å². The fourth-order valence-corrected chi connectivity index (χ4v) is 8.54. The molecule has 0 saturated carbocycles. The molecule has 26 heavy (non-hydrogen) atoms. The van der Waals surface area contributed by atoms with E-state index < -0.39 is 0 Å². The number of hydrogen-bond acceptors (Lipinski definition) is 0. The Hall–Kier alpha value is 3.04. The van der Waals surface area contributed by atoms with Gasteiger partial charge < -0.3 is 0 Å². The first kappa shape index (κ1) is 43.0. The molecule has 0 unspecified atom stereocenters. The maximum absolute atomic E-state index is 2.34. The molecule has 0 spiro atoms. The van der Waals surface area contributed by atoms with Crippen LogP contribution in [-0.4, -0.2) is 0 Å². The van der Waals surface area contributed by atoms with Crippen molar-refractivity contribution >= 4 is 88.2 Å². The molecule has 0 N–H and O–H groups in total. The average molecular weight is 779 g/mol. The Morgan fingerprint density at radius 1 is 0.692 bits per heavy atom. The van der Waals surface area contributed by atoms with Crippen LogP contribution in [0.25, 0.3) is 0 Å². The van der Waals surface area contributed by atoms with Crippen LogP contribution in [0.4, 0.5) is 0 Å². The number of hydrogen-bond donors (Lipinski definition) is 0. The van der Waals surface area contributed by atoms with Crippen molar-refractivity contribution in [3.63, 3.8) is 0 Å². The summed E-state index contributed by atoms with van der Waals surface area (Å²) in [7, 11) is 0. The van der Waals surface area contributed by atoms with E-state index in [9.17, 15) is 0 Å². The predicted octanol–water partition coefficient (Wildman–Crippen LogP) is 9.26. The van der Waals surface area contributed by atoms with Gasteiger partial charge in [-0.15, -0.1) is 88.2 Å². The molecule has 0 saturated heterocycles. The molecule has 0 aromatic heterocycles. The third-order valence-corrected chi connectivity index (χ3v) is 10.3. The standard InChI is InChI=1S/2C5H5.2C4H9.3BrH.3ClH.2Zr/c2*1-2-4-5-3-1;2*1-3-4-2;;;;;;;;/h2*1-3H,4H2;2*1,3-4H2,2H3;6*1H;;. The minimum absolute atomic E-state index is 0. The molecule has 2 aliphatic carbocycles. The Morgan fingerprint density at radius 3 is 1.27 bits per heavy atom. The Balaban J connectivity index is -0.0000000625. The Kier molecular flexibility index (Phi) is 54.1. The van der Waals surface area contributed by atoms with E-state index in [0.29, 0.717) is 0 Å². The molecule has 0 bridgehead atoms. The van der Waals surface area contributed by atoms with E-state index in [-0.39, 0.29) is 135 Å². The second kappa shape index (κ2) is 32.7. The molecule has 0 amide bonds. The average Bonchev–Trinajstić information content (AvgIpc) is 3.13. The predicted molar refractivity (Wildman–Crippen MR) is 136 cm³/mol. The molecule has 0 aromatic carbocycles. The second-order valence-corrected chi connectivity index (χ2v) is 12.6. The fraction of sp³-hybridized carbons (Fsp3) is 0.556. The first-order valence-corrected chi connectivity index (χ1v) is 14.0. The second-order valence-electron chi connectivity index (χ2n) is 5.21. The summed E-state index contributed by atoms with van der Waals surface area (Å²) in [5.74, 6) is 0. The van der Waals surface area contributed by atoms with Gasteiger partial charge in [0.2, 0.25) is 0 Å². The molecule has 0 aromatic rings. The van der Waals surface area contributed by atoms with Crippen molar-refractivity contribution in [1.29, 1.82) is 0 Å². The van der Waals surface area contributed by atoms with Gasteiger partial charge in [0, 0.05) is 0 Å². The molecule has 0 fully saturated rings. The topological polar surface area (TPSA) is 0 Å². The number of unbranched alkanes of at least 4 members (excludes halogenated alkanes) is 2. The number of halogens is 6. The van der Waals surface area contributed by atoms with E-state index in [0.717, 1.165) is 0 Å². The summed E-state index contributed by atoms with van der Waals surface area (Å²) in [5, 5.41) is 0. The minimum atomic E-state index is -0.0811. The van der Waals surface area contributed by atoms with E-state index in [1.165, 1.54) is 38.5 Å². The summed E-state index contributed by atoms with van der Waals surface area (Å²) >= 11 is -0.162. The van der Waals surface area contributed by atoms with Gasteiger partial charge in [-0.25, -0.2) is 0 Å². The summed E-state index contributed by atoms with van der Waals surface area (Å²) in [6, 6.07) is 0. The molecule has 0 atom stereocenters. The molecule has 0 nitrogen and oxygen atoms in total. The van der Waals surface area contributed by atoms with Crippen LogP contribution in [0.2, 0.25) is 8.26 Å². The van der Waals surface area contributed by atoms with Gasteiger partial charge in [0.15, 0.2) is 0 Å². The zero-order valence-corrected chi connectivity index (χ0v) is 28.1. The Bertz CT molecular complexity index is 352. The van der Waals surface area contributed by atoms with Gasteiger partial charge in [-0.1, -0.05) is 0 Å². The van der Waals surface area contributed by atoms with Crippen molar-refractivity contribution in [3.8, 4) is 0 Å². The van der Waals surface area contributed by atoms with E-state index >= 15 is 0 Å². The molecule has 0 radical (unpaired) electrons. The Morgan fingerprint density at radius 2 is 1.04 bits per heavy atom. The number of allylic oxidation sites excluding steroid dienone is 8. The SMILES string of the molecule is Br.Br.Br.CCC[CH2][Zr][C]1=CC=CC1.CCC[CH2][Zr][C]1=CC=CC1.Cl.Cl.Cl. The molecule has 0 aliphatic heterocycles. The van der Waals surface area contributed by atoms with Gasteiger partial charge in [0.05, 0.1) is 0 Å². The summed E-state index contributed by atoms with van der Waals surface area (Å²) in [6.07, 6.45) is 21.9. The van der Waals surface area contributed by atoms with Crippen molar-refractivity contribution < 1.29 is 46.5 Å². The van der Waals surface area contributed by atoms with Crippen molar-refractivity contribution in [2.75, 3.05) is 0 Å². The zero-order chi connectivity index (χ0) is 14.5. The van der Waals surface area contributed by atoms with Gasteiger partial charge in [0.25, 0.3) is 0 Å². The van der Waals surface area contributed by atoms with Crippen LogP contribution in [0.5, 0.6) is 0 Å². The fourth-order valence-electron chi connectivity index (χ4n) is 2.01. The van der Waals surface area contributed by atoms with Gasteiger partial charge in [-0.2, -0.15) is 0 Å². The van der Waals surface area contributed by atoms with E-state index in [4.69, 9.17) is 0 Å². The van der Waals surface area contributed by atoms with Crippen LogP contribution < -0.4 is 0 Å². The minimum Gasteiger partial charge on any atom is -0.147 e. The molecular formula is C18H34Br3Cl3Zr2. The summed E-state index contributed by atoms with van der Waals surface area (Å²) in [5.41, 5.74) is 0. The molecule has 156 valence electrons. The quantitative estimate of drug-likeness (QED) is 0.216. The van der Waals surface area contributed by atoms with Crippen molar-refractivity contribution in [2.24, 2.45) is 0 Å². The largest absolute Gasteiger partial charge is 0.147 e. The maximum atomic E-state index is 2.34. The van der Waals surface area contributed by atoms with Crippen LogP contribution >= 0.6 is 88.2 Å².